The van der Waals surface area contributed by atoms with Crippen molar-refractivity contribution in [3.8, 4) is 0 Å². The van der Waals surface area contributed by atoms with Gasteiger partial charge < -0.3 is 5.11 Å². The summed E-state index contributed by atoms with van der Waals surface area (Å²) in [5, 5.41) is 10.5. The number of hydrogen-bond acceptors (Lipinski definition) is 3. The van der Waals surface area contributed by atoms with E-state index < -0.39 is 15.4 Å². The second kappa shape index (κ2) is 6.06. The molecule has 1 aromatic rings. The van der Waals surface area contributed by atoms with Crippen molar-refractivity contribution in [1.82, 2.24) is 0 Å². The number of sulfone groups is 1. The molecule has 1 unspecified atom stereocenters. The van der Waals surface area contributed by atoms with E-state index in [9.17, 15) is 13.5 Å². The van der Waals surface area contributed by atoms with Crippen molar-refractivity contribution in [3.05, 3.63) is 34.9 Å². The van der Waals surface area contributed by atoms with Crippen molar-refractivity contribution in [2.75, 3.05) is 11.5 Å². The summed E-state index contributed by atoms with van der Waals surface area (Å²) >= 11 is 0. The highest BCUT2D eigenvalue weighted by atomic mass is 32.2. The fourth-order valence-electron chi connectivity index (χ4n) is 2.21. The van der Waals surface area contributed by atoms with Crippen LogP contribution in [-0.2, 0) is 15.4 Å². The summed E-state index contributed by atoms with van der Waals surface area (Å²) in [6.45, 7) is 7.39. The van der Waals surface area contributed by atoms with E-state index in [1.54, 1.807) is 13.8 Å². The van der Waals surface area contributed by atoms with E-state index in [2.05, 4.69) is 6.07 Å². The highest BCUT2D eigenvalue weighted by Gasteiger charge is 2.24. The van der Waals surface area contributed by atoms with Gasteiger partial charge in [-0.1, -0.05) is 36.2 Å². The normalized spacial score (nSPS) is 15.2. The third-order valence-corrected chi connectivity index (χ3v) is 5.19. The van der Waals surface area contributed by atoms with Crippen molar-refractivity contribution in [2.24, 2.45) is 0 Å². The van der Waals surface area contributed by atoms with Gasteiger partial charge in [-0.3, -0.25) is 0 Å². The second-order valence-electron chi connectivity index (χ2n) is 5.49. The Balaban J connectivity index is 2.75. The van der Waals surface area contributed by atoms with E-state index in [1.807, 2.05) is 26.0 Å². The Morgan fingerprint density at radius 3 is 2.16 bits per heavy atom. The fraction of sp³-hybridized carbons (Fsp3) is 0.600. The molecule has 1 N–H and O–H groups in total. The molecule has 0 saturated carbocycles. The largest absolute Gasteiger partial charge is 0.385 e. The standard InChI is InChI=1S/C15H24O3S/c1-5-19(17,18)8-6-7-15(4,16)14-10-12(2)9-13(3)11-14/h9-11,16H,5-8H2,1-4H3. The molecular formula is C15H24O3S. The summed E-state index contributed by atoms with van der Waals surface area (Å²) in [5.41, 5.74) is 2.10. The van der Waals surface area contributed by atoms with Crippen LogP contribution >= 0.6 is 0 Å². The van der Waals surface area contributed by atoms with Crippen LogP contribution in [0.25, 0.3) is 0 Å². The fourth-order valence-corrected chi connectivity index (χ4v) is 3.08. The van der Waals surface area contributed by atoms with Gasteiger partial charge in [0.15, 0.2) is 0 Å². The van der Waals surface area contributed by atoms with Crippen molar-refractivity contribution in [3.63, 3.8) is 0 Å². The lowest BCUT2D eigenvalue weighted by molar-refractivity contribution is 0.0471. The van der Waals surface area contributed by atoms with E-state index >= 15 is 0 Å². The Hall–Kier alpha value is -0.870. The molecule has 108 valence electrons. The minimum Gasteiger partial charge on any atom is -0.385 e. The summed E-state index contributed by atoms with van der Waals surface area (Å²) in [4.78, 5) is 0. The molecule has 1 aromatic carbocycles. The first-order chi connectivity index (χ1) is 8.66. The van der Waals surface area contributed by atoms with Crippen LogP contribution in [0, 0.1) is 13.8 Å². The lowest BCUT2D eigenvalue weighted by atomic mass is 9.89. The molecule has 0 aliphatic carbocycles. The van der Waals surface area contributed by atoms with E-state index in [0.717, 1.165) is 16.7 Å². The Labute approximate surface area is 116 Å². The lowest BCUT2D eigenvalue weighted by Crippen LogP contribution is -2.23. The van der Waals surface area contributed by atoms with Crippen molar-refractivity contribution in [2.45, 2.75) is 46.1 Å². The Kier molecular flexibility index (Phi) is 5.16. The van der Waals surface area contributed by atoms with E-state index in [4.69, 9.17) is 0 Å². The number of benzene rings is 1. The van der Waals surface area contributed by atoms with Crippen LogP contribution in [0.5, 0.6) is 0 Å². The molecule has 0 heterocycles. The van der Waals surface area contributed by atoms with Gasteiger partial charge in [0, 0.05) is 5.75 Å². The number of aliphatic hydroxyl groups is 1. The monoisotopic (exact) mass is 284 g/mol. The number of aryl methyl sites for hydroxylation is 2. The minimum atomic E-state index is -2.95. The highest BCUT2D eigenvalue weighted by Crippen LogP contribution is 2.27. The van der Waals surface area contributed by atoms with Gasteiger partial charge in [-0.2, -0.15) is 0 Å². The van der Waals surface area contributed by atoms with Crippen LogP contribution in [0.1, 0.15) is 43.4 Å². The van der Waals surface area contributed by atoms with Gasteiger partial charge in [0.2, 0.25) is 0 Å². The molecular weight excluding hydrogens is 260 g/mol. The summed E-state index contributed by atoms with van der Waals surface area (Å²) in [6.07, 6.45) is 0.936. The average Bonchev–Trinajstić information content (AvgIpc) is 2.27. The molecule has 0 radical (unpaired) electrons. The van der Waals surface area contributed by atoms with Crippen molar-refractivity contribution >= 4 is 9.84 Å². The van der Waals surface area contributed by atoms with E-state index in [1.165, 1.54) is 0 Å². The van der Waals surface area contributed by atoms with Crippen LogP contribution < -0.4 is 0 Å². The van der Waals surface area contributed by atoms with Gasteiger partial charge in [-0.15, -0.1) is 0 Å². The first-order valence-corrected chi connectivity index (χ1v) is 8.50. The van der Waals surface area contributed by atoms with Gasteiger partial charge in [-0.25, -0.2) is 8.42 Å². The van der Waals surface area contributed by atoms with E-state index in [0.29, 0.717) is 12.8 Å². The molecule has 1 rings (SSSR count). The highest BCUT2D eigenvalue weighted by molar-refractivity contribution is 7.91. The maximum Gasteiger partial charge on any atom is 0.150 e. The molecule has 0 fully saturated rings. The molecule has 0 saturated heterocycles. The van der Waals surface area contributed by atoms with Gasteiger partial charge in [0.05, 0.1) is 11.4 Å². The molecule has 0 spiro atoms. The maximum absolute atomic E-state index is 11.4. The van der Waals surface area contributed by atoms with E-state index in [-0.39, 0.29) is 11.5 Å². The molecule has 0 amide bonds. The zero-order valence-corrected chi connectivity index (χ0v) is 13.0. The predicted molar refractivity (Wildman–Crippen MR) is 79.0 cm³/mol. The average molecular weight is 284 g/mol. The third-order valence-electron chi connectivity index (χ3n) is 3.40. The van der Waals surface area contributed by atoms with Gasteiger partial charge in [-0.05, 0) is 39.2 Å². The third kappa shape index (κ3) is 4.96. The van der Waals surface area contributed by atoms with Crippen LogP contribution in [-0.4, -0.2) is 25.0 Å². The zero-order chi connectivity index (χ0) is 14.7. The van der Waals surface area contributed by atoms with Gasteiger partial charge >= 0.3 is 0 Å². The minimum absolute atomic E-state index is 0.143. The quantitative estimate of drug-likeness (QED) is 0.874. The lowest BCUT2D eigenvalue weighted by Gasteiger charge is -2.24. The van der Waals surface area contributed by atoms with Crippen LogP contribution in [0.2, 0.25) is 0 Å². The molecule has 0 aromatic heterocycles. The van der Waals surface area contributed by atoms with Crippen LogP contribution in [0.4, 0.5) is 0 Å². The van der Waals surface area contributed by atoms with Gasteiger partial charge in [0.1, 0.15) is 9.84 Å². The molecule has 0 aliphatic rings. The SMILES string of the molecule is CCS(=O)(=O)CCCC(C)(O)c1cc(C)cc(C)c1. The van der Waals surface area contributed by atoms with Gasteiger partial charge in [0.25, 0.3) is 0 Å². The molecule has 1 atom stereocenters. The van der Waals surface area contributed by atoms with Crippen LogP contribution in [0.15, 0.2) is 18.2 Å². The summed E-state index contributed by atoms with van der Waals surface area (Å²) in [5.74, 6) is 0.309. The molecule has 0 aliphatic heterocycles. The number of hydrogen-bond donors (Lipinski definition) is 1. The summed E-state index contributed by atoms with van der Waals surface area (Å²) in [6, 6.07) is 5.98. The Morgan fingerprint density at radius 1 is 1.16 bits per heavy atom. The molecule has 4 heteroatoms. The molecule has 19 heavy (non-hydrogen) atoms. The molecule has 0 bridgehead atoms. The predicted octanol–water partition coefficient (Wildman–Crippen LogP) is 2.73. The smallest absolute Gasteiger partial charge is 0.150 e. The summed E-state index contributed by atoms with van der Waals surface area (Å²) in [7, 11) is -2.95. The Morgan fingerprint density at radius 2 is 1.68 bits per heavy atom. The number of rotatable bonds is 6. The molecule has 3 nitrogen and oxygen atoms in total. The topological polar surface area (TPSA) is 54.4 Å². The summed E-state index contributed by atoms with van der Waals surface area (Å²) < 4.78 is 22.9. The Bertz CT molecular complexity index is 510. The van der Waals surface area contributed by atoms with Crippen molar-refractivity contribution in [1.29, 1.82) is 0 Å². The van der Waals surface area contributed by atoms with Crippen LogP contribution in [0.3, 0.4) is 0 Å². The first kappa shape index (κ1) is 16.2. The first-order valence-electron chi connectivity index (χ1n) is 6.68. The second-order valence-corrected chi connectivity index (χ2v) is 7.96. The van der Waals surface area contributed by atoms with Crippen molar-refractivity contribution < 1.29 is 13.5 Å². The zero-order valence-electron chi connectivity index (χ0n) is 12.2. The maximum atomic E-state index is 11.4.